The molecule has 2 rings (SSSR count). The molecule has 0 fully saturated rings. The molecule has 2 atom stereocenters. The van der Waals surface area contributed by atoms with Crippen LogP contribution in [-0.2, 0) is 44.8 Å². The van der Waals surface area contributed by atoms with Gasteiger partial charge in [-0.1, -0.05) is 26.0 Å². The number of anilines is 1. The van der Waals surface area contributed by atoms with Gasteiger partial charge in [0.25, 0.3) is 11.8 Å². The standard InChI is InChI=1S/C30H43N5O9/c1-20(2)25(18-24(36)10-14-42-16-17-43-15-13-35-26(37)8-9-27(35)38)29(40)33-21(3)28(39)34-23-6-4-22(5-7-23)19-44-30(41)32-12-11-31/h4-9,20-21,25H,10-19,31H2,1-3H3,(H,32,41)(H,33,40)(H,34,39)/t21-,25-/m0/s1. The number of amides is 5. The molecule has 0 saturated carbocycles. The molecule has 0 saturated heterocycles. The predicted molar refractivity (Wildman–Crippen MR) is 160 cm³/mol. The maximum atomic E-state index is 12.9. The van der Waals surface area contributed by atoms with Gasteiger partial charge in [0.05, 0.1) is 33.0 Å². The second-order valence-corrected chi connectivity index (χ2v) is 10.4. The van der Waals surface area contributed by atoms with Crippen LogP contribution in [0.1, 0.15) is 39.2 Å². The minimum Gasteiger partial charge on any atom is -0.445 e. The van der Waals surface area contributed by atoms with Crippen LogP contribution in [0.4, 0.5) is 10.5 Å². The van der Waals surface area contributed by atoms with Gasteiger partial charge in [-0.15, -0.1) is 0 Å². The van der Waals surface area contributed by atoms with E-state index in [1.54, 1.807) is 31.2 Å². The number of Topliss-reactive ketones (excluding diaryl/α,β-unsaturated/α-hetero) is 1. The smallest absolute Gasteiger partial charge is 0.407 e. The van der Waals surface area contributed by atoms with Crippen LogP contribution < -0.4 is 21.7 Å². The van der Waals surface area contributed by atoms with Gasteiger partial charge in [-0.3, -0.25) is 28.9 Å². The summed E-state index contributed by atoms with van der Waals surface area (Å²) in [5, 5.41) is 7.92. The van der Waals surface area contributed by atoms with Crippen LogP contribution in [0.3, 0.4) is 0 Å². The number of nitrogens with zero attached hydrogens (tertiary/aromatic N) is 1. The average Bonchev–Trinajstić information content (AvgIpc) is 3.31. The topological polar surface area (TPSA) is 195 Å². The second kappa shape index (κ2) is 19.2. The van der Waals surface area contributed by atoms with Crippen LogP contribution in [0.25, 0.3) is 0 Å². The zero-order valence-corrected chi connectivity index (χ0v) is 25.5. The zero-order valence-electron chi connectivity index (χ0n) is 25.5. The minimum absolute atomic E-state index is 0.0113. The lowest BCUT2D eigenvalue weighted by Gasteiger charge is -2.22. The quantitative estimate of drug-likeness (QED) is 0.121. The maximum Gasteiger partial charge on any atom is 0.407 e. The van der Waals surface area contributed by atoms with Crippen molar-refractivity contribution in [3.63, 3.8) is 0 Å². The number of carbonyl (C=O) groups is 6. The number of rotatable bonds is 20. The normalized spacial score (nSPS) is 14.0. The van der Waals surface area contributed by atoms with E-state index in [2.05, 4.69) is 16.0 Å². The van der Waals surface area contributed by atoms with E-state index in [4.69, 9.17) is 19.9 Å². The first-order chi connectivity index (χ1) is 21.0. The largest absolute Gasteiger partial charge is 0.445 e. The molecule has 1 aromatic carbocycles. The van der Waals surface area contributed by atoms with Crippen molar-refractivity contribution in [3.8, 4) is 0 Å². The molecule has 1 aliphatic heterocycles. The summed E-state index contributed by atoms with van der Waals surface area (Å²) in [6, 6.07) is 5.86. The number of ether oxygens (including phenoxy) is 3. The lowest BCUT2D eigenvalue weighted by atomic mass is 9.89. The van der Waals surface area contributed by atoms with Crippen LogP contribution in [0.15, 0.2) is 36.4 Å². The molecule has 0 aliphatic carbocycles. The Morgan fingerprint density at radius 3 is 2.14 bits per heavy atom. The molecule has 0 unspecified atom stereocenters. The van der Waals surface area contributed by atoms with Crippen LogP contribution in [0, 0.1) is 11.8 Å². The van der Waals surface area contributed by atoms with E-state index in [-0.39, 0.29) is 75.9 Å². The summed E-state index contributed by atoms with van der Waals surface area (Å²) >= 11 is 0. The first-order valence-electron chi connectivity index (χ1n) is 14.5. The molecule has 1 heterocycles. The van der Waals surface area contributed by atoms with Gasteiger partial charge in [-0.2, -0.15) is 0 Å². The lowest BCUT2D eigenvalue weighted by molar-refractivity contribution is -0.137. The molecule has 5 amide bonds. The number of nitrogens with two attached hydrogens (primary N) is 1. The highest BCUT2D eigenvalue weighted by atomic mass is 16.5. The highest BCUT2D eigenvalue weighted by Gasteiger charge is 2.27. The molecule has 1 aliphatic rings. The van der Waals surface area contributed by atoms with Crippen LogP contribution in [-0.4, -0.2) is 92.5 Å². The molecule has 0 aromatic heterocycles. The summed E-state index contributed by atoms with van der Waals surface area (Å²) in [5.74, 6) is -2.45. The summed E-state index contributed by atoms with van der Waals surface area (Å²) in [6.07, 6.45) is 1.98. The predicted octanol–water partition coefficient (Wildman–Crippen LogP) is 0.894. The second-order valence-electron chi connectivity index (χ2n) is 10.4. The van der Waals surface area contributed by atoms with E-state index in [1.165, 1.54) is 12.2 Å². The van der Waals surface area contributed by atoms with Gasteiger partial charge in [0, 0.05) is 49.7 Å². The molecular formula is C30H43N5O9. The molecule has 1 aromatic rings. The van der Waals surface area contributed by atoms with Crippen molar-refractivity contribution in [1.29, 1.82) is 0 Å². The van der Waals surface area contributed by atoms with Crippen molar-refractivity contribution in [2.24, 2.45) is 17.6 Å². The number of hydrogen-bond acceptors (Lipinski definition) is 10. The van der Waals surface area contributed by atoms with Crippen LogP contribution in [0.2, 0.25) is 0 Å². The van der Waals surface area contributed by atoms with Gasteiger partial charge >= 0.3 is 6.09 Å². The summed E-state index contributed by atoms with van der Waals surface area (Å²) in [6.45, 7) is 6.88. The summed E-state index contributed by atoms with van der Waals surface area (Å²) in [4.78, 5) is 73.7. The number of nitrogens with one attached hydrogen (secondary N) is 3. The maximum absolute atomic E-state index is 12.9. The Kier molecular flexibility index (Phi) is 15.7. The SMILES string of the molecule is CC(C)[C@H](CC(=O)CCOCCOCCN1C(=O)C=CC1=O)C(=O)N[C@@H](C)C(=O)Nc1ccc(COC(=O)NCCN)cc1. The van der Waals surface area contributed by atoms with Crippen molar-refractivity contribution in [2.75, 3.05) is 51.4 Å². The highest BCUT2D eigenvalue weighted by Crippen LogP contribution is 2.18. The Bertz CT molecular complexity index is 1150. The number of hydrogen-bond donors (Lipinski definition) is 4. The lowest BCUT2D eigenvalue weighted by Crippen LogP contribution is -2.45. The van der Waals surface area contributed by atoms with Gasteiger partial charge in [0.15, 0.2) is 0 Å². The molecular weight excluding hydrogens is 574 g/mol. The third-order valence-corrected chi connectivity index (χ3v) is 6.60. The van der Waals surface area contributed by atoms with Gasteiger partial charge < -0.3 is 35.9 Å². The van der Waals surface area contributed by atoms with Crippen LogP contribution >= 0.6 is 0 Å². The van der Waals surface area contributed by atoms with E-state index in [1.807, 2.05) is 13.8 Å². The molecule has 242 valence electrons. The monoisotopic (exact) mass is 617 g/mol. The molecule has 5 N–H and O–H groups in total. The Labute approximate surface area is 257 Å². The molecule has 14 nitrogen and oxygen atoms in total. The fourth-order valence-electron chi connectivity index (χ4n) is 3.99. The van der Waals surface area contributed by atoms with Crippen molar-refractivity contribution < 1.29 is 43.0 Å². The third kappa shape index (κ3) is 13.0. The number of benzene rings is 1. The summed E-state index contributed by atoms with van der Waals surface area (Å²) < 4.78 is 15.9. The number of alkyl carbamates (subject to hydrolysis) is 1. The number of ketones is 1. The third-order valence-electron chi connectivity index (χ3n) is 6.60. The molecule has 0 radical (unpaired) electrons. The van der Waals surface area contributed by atoms with E-state index in [0.29, 0.717) is 18.8 Å². The molecule has 0 spiro atoms. The fourth-order valence-corrected chi connectivity index (χ4v) is 3.99. The van der Waals surface area contributed by atoms with Crippen LogP contribution in [0.5, 0.6) is 0 Å². The fraction of sp³-hybridized carbons (Fsp3) is 0.533. The van der Waals surface area contributed by atoms with E-state index >= 15 is 0 Å². The van der Waals surface area contributed by atoms with Crippen molar-refractivity contribution in [3.05, 3.63) is 42.0 Å². The first kappa shape index (κ1) is 36.1. The van der Waals surface area contributed by atoms with E-state index in [9.17, 15) is 28.8 Å². The Morgan fingerprint density at radius 2 is 1.52 bits per heavy atom. The summed E-state index contributed by atoms with van der Waals surface area (Å²) in [5.41, 5.74) is 6.55. The summed E-state index contributed by atoms with van der Waals surface area (Å²) in [7, 11) is 0. The molecule has 44 heavy (non-hydrogen) atoms. The number of imide groups is 1. The molecule has 0 bridgehead atoms. The van der Waals surface area contributed by atoms with Crippen molar-refractivity contribution in [2.45, 2.75) is 46.3 Å². The van der Waals surface area contributed by atoms with Gasteiger partial charge in [-0.25, -0.2) is 4.79 Å². The first-order valence-corrected chi connectivity index (χ1v) is 14.5. The average molecular weight is 618 g/mol. The van der Waals surface area contributed by atoms with Crippen molar-refractivity contribution in [1.82, 2.24) is 15.5 Å². The Morgan fingerprint density at radius 1 is 0.886 bits per heavy atom. The van der Waals surface area contributed by atoms with Gasteiger partial charge in [-0.05, 0) is 30.5 Å². The number of carbonyl (C=O) groups excluding carboxylic acids is 6. The Balaban J connectivity index is 1.66. The van der Waals surface area contributed by atoms with E-state index < -0.39 is 29.9 Å². The Hall–Kier alpha value is -4.14. The van der Waals surface area contributed by atoms with Gasteiger partial charge in [0.1, 0.15) is 18.4 Å². The van der Waals surface area contributed by atoms with E-state index in [0.717, 1.165) is 10.5 Å². The highest BCUT2D eigenvalue weighted by molar-refractivity contribution is 6.12. The molecule has 14 heteroatoms. The minimum atomic E-state index is -0.852. The van der Waals surface area contributed by atoms with Crippen molar-refractivity contribution >= 4 is 41.2 Å². The zero-order chi connectivity index (χ0) is 32.5. The van der Waals surface area contributed by atoms with Gasteiger partial charge in [0.2, 0.25) is 11.8 Å².